The third-order valence-corrected chi connectivity index (χ3v) is 6.10. The van der Waals surface area contributed by atoms with Crippen LogP contribution in [-0.4, -0.2) is 60.0 Å². The standard InChI is InChI=1S/C23H24F2N4OS/c24-18-6-7-20(25)19(14-18)21-16-31-23(26-21)27-22(30)15-29-12-10-28(11-13-29)9-8-17-4-2-1-3-5-17/h1-7,14,16H,8-13,15H2,(H,26,27,30). The second-order valence-corrected chi connectivity index (χ2v) is 8.42. The van der Waals surface area contributed by atoms with Gasteiger partial charge >= 0.3 is 0 Å². The molecule has 1 amide bonds. The summed E-state index contributed by atoms with van der Waals surface area (Å²) in [6.07, 6.45) is 1.03. The van der Waals surface area contributed by atoms with E-state index in [9.17, 15) is 13.6 Å². The smallest absolute Gasteiger partial charge is 0.240 e. The summed E-state index contributed by atoms with van der Waals surface area (Å²) in [5.74, 6) is -1.23. The van der Waals surface area contributed by atoms with Gasteiger partial charge in [-0.15, -0.1) is 11.3 Å². The zero-order valence-electron chi connectivity index (χ0n) is 17.1. The molecule has 1 saturated heterocycles. The molecule has 1 N–H and O–H groups in total. The van der Waals surface area contributed by atoms with Crippen molar-refractivity contribution in [3.8, 4) is 11.3 Å². The molecule has 4 rings (SSSR count). The Hall–Kier alpha value is -2.68. The maximum atomic E-state index is 13.9. The van der Waals surface area contributed by atoms with Crippen molar-refractivity contribution < 1.29 is 13.6 Å². The van der Waals surface area contributed by atoms with E-state index in [0.717, 1.165) is 57.3 Å². The molecule has 1 fully saturated rings. The molecule has 162 valence electrons. The number of nitrogens with one attached hydrogen (secondary N) is 1. The van der Waals surface area contributed by atoms with Gasteiger partial charge in [0.05, 0.1) is 12.2 Å². The van der Waals surface area contributed by atoms with Gasteiger partial charge in [0.1, 0.15) is 11.6 Å². The van der Waals surface area contributed by atoms with E-state index in [4.69, 9.17) is 0 Å². The highest BCUT2D eigenvalue weighted by Crippen LogP contribution is 2.27. The van der Waals surface area contributed by atoms with Gasteiger partial charge in [-0.1, -0.05) is 30.3 Å². The van der Waals surface area contributed by atoms with Crippen molar-refractivity contribution in [2.45, 2.75) is 6.42 Å². The Labute approximate surface area is 184 Å². The van der Waals surface area contributed by atoms with Gasteiger partial charge in [0.2, 0.25) is 5.91 Å². The normalized spacial score (nSPS) is 15.2. The molecule has 0 radical (unpaired) electrons. The number of hydrogen-bond donors (Lipinski definition) is 1. The van der Waals surface area contributed by atoms with Crippen LogP contribution in [0, 0.1) is 11.6 Å². The summed E-state index contributed by atoms with van der Waals surface area (Å²) in [6, 6.07) is 13.7. The van der Waals surface area contributed by atoms with Gasteiger partial charge in [0.15, 0.2) is 5.13 Å². The SMILES string of the molecule is O=C(CN1CCN(CCc2ccccc2)CC1)Nc1nc(-c2cc(F)ccc2F)cs1. The molecule has 0 saturated carbocycles. The molecule has 0 aliphatic carbocycles. The lowest BCUT2D eigenvalue weighted by Gasteiger charge is -2.34. The maximum Gasteiger partial charge on any atom is 0.240 e. The molecule has 8 heteroatoms. The molecule has 5 nitrogen and oxygen atoms in total. The molecule has 0 bridgehead atoms. The van der Waals surface area contributed by atoms with E-state index in [1.807, 2.05) is 6.07 Å². The molecule has 1 aromatic heterocycles. The Morgan fingerprint density at radius 3 is 2.55 bits per heavy atom. The second kappa shape index (κ2) is 10.1. The van der Waals surface area contributed by atoms with E-state index in [2.05, 4.69) is 44.4 Å². The lowest BCUT2D eigenvalue weighted by Crippen LogP contribution is -2.49. The maximum absolute atomic E-state index is 13.9. The first-order valence-corrected chi connectivity index (χ1v) is 11.1. The van der Waals surface area contributed by atoms with Gasteiger partial charge < -0.3 is 10.2 Å². The minimum Gasteiger partial charge on any atom is -0.301 e. The topological polar surface area (TPSA) is 48.5 Å². The van der Waals surface area contributed by atoms with Crippen molar-refractivity contribution in [3.63, 3.8) is 0 Å². The number of nitrogens with zero attached hydrogens (tertiary/aromatic N) is 3. The Bertz CT molecular complexity index is 1020. The van der Waals surface area contributed by atoms with E-state index < -0.39 is 11.6 Å². The largest absolute Gasteiger partial charge is 0.301 e. The lowest BCUT2D eigenvalue weighted by molar-refractivity contribution is -0.117. The number of carbonyl (C=O) groups excluding carboxylic acids is 1. The molecular formula is C23H24F2N4OS. The fraction of sp³-hybridized carbons (Fsp3) is 0.304. The Morgan fingerprint density at radius 1 is 1.03 bits per heavy atom. The van der Waals surface area contributed by atoms with E-state index in [0.29, 0.717) is 10.8 Å². The van der Waals surface area contributed by atoms with Gasteiger partial charge in [-0.25, -0.2) is 13.8 Å². The fourth-order valence-electron chi connectivity index (χ4n) is 3.61. The zero-order chi connectivity index (χ0) is 21.6. The molecule has 2 aromatic carbocycles. The molecule has 0 spiro atoms. The molecule has 31 heavy (non-hydrogen) atoms. The van der Waals surface area contributed by atoms with Crippen molar-refractivity contribution >= 4 is 22.4 Å². The number of anilines is 1. The molecular weight excluding hydrogens is 418 g/mol. The van der Waals surface area contributed by atoms with Crippen molar-refractivity contribution in [3.05, 3.63) is 71.1 Å². The third kappa shape index (κ3) is 5.94. The molecule has 1 aliphatic heterocycles. The van der Waals surface area contributed by atoms with E-state index in [1.165, 1.54) is 16.9 Å². The Kier molecular flexibility index (Phi) is 7.01. The van der Waals surface area contributed by atoms with Gasteiger partial charge in [-0.3, -0.25) is 9.69 Å². The number of benzene rings is 2. The van der Waals surface area contributed by atoms with Crippen LogP contribution in [-0.2, 0) is 11.2 Å². The summed E-state index contributed by atoms with van der Waals surface area (Å²) in [4.78, 5) is 21.2. The number of aromatic nitrogens is 1. The minimum absolute atomic E-state index is 0.0865. The summed E-state index contributed by atoms with van der Waals surface area (Å²) in [5.41, 5.74) is 1.73. The Balaban J connectivity index is 1.23. The van der Waals surface area contributed by atoms with E-state index >= 15 is 0 Å². The first-order valence-electron chi connectivity index (χ1n) is 10.3. The van der Waals surface area contributed by atoms with Gasteiger partial charge in [0, 0.05) is 43.7 Å². The summed E-state index contributed by atoms with van der Waals surface area (Å²) in [7, 11) is 0. The number of amides is 1. The highest BCUT2D eigenvalue weighted by Gasteiger charge is 2.19. The summed E-state index contributed by atoms with van der Waals surface area (Å²) < 4.78 is 27.3. The summed E-state index contributed by atoms with van der Waals surface area (Å²) in [5, 5.41) is 4.76. The zero-order valence-corrected chi connectivity index (χ0v) is 17.9. The van der Waals surface area contributed by atoms with Gasteiger partial charge in [-0.05, 0) is 30.2 Å². The molecule has 0 atom stereocenters. The van der Waals surface area contributed by atoms with E-state index in [1.54, 1.807) is 5.38 Å². The van der Waals surface area contributed by atoms with Crippen LogP contribution >= 0.6 is 11.3 Å². The minimum atomic E-state index is -0.547. The van der Waals surface area contributed by atoms with Crippen LogP contribution in [0.2, 0.25) is 0 Å². The Morgan fingerprint density at radius 2 is 1.77 bits per heavy atom. The highest BCUT2D eigenvalue weighted by molar-refractivity contribution is 7.14. The first-order chi connectivity index (χ1) is 15.1. The van der Waals surface area contributed by atoms with E-state index in [-0.39, 0.29) is 18.0 Å². The monoisotopic (exact) mass is 442 g/mol. The number of thiazole rings is 1. The van der Waals surface area contributed by atoms with Crippen molar-refractivity contribution in [2.24, 2.45) is 0 Å². The van der Waals surface area contributed by atoms with Crippen molar-refractivity contribution in [2.75, 3.05) is 44.6 Å². The first kappa shape index (κ1) is 21.5. The molecule has 2 heterocycles. The average Bonchev–Trinajstić information content (AvgIpc) is 3.23. The number of halogens is 2. The lowest BCUT2D eigenvalue weighted by atomic mass is 10.1. The predicted octanol–water partition coefficient (Wildman–Crippen LogP) is 3.89. The van der Waals surface area contributed by atoms with Gasteiger partial charge in [-0.2, -0.15) is 0 Å². The predicted molar refractivity (Wildman–Crippen MR) is 119 cm³/mol. The van der Waals surface area contributed by atoms with Crippen LogP contribution in [0.1, 0.15) is 5.56 Å². The highest BCUT2D eigenvalue weighted by atomic mass is 32.1. The quantitative estimate of drug-likeness (QED) is 0.603. The average molecular weight is 443 g/mol. The van der Waals surface area contributed by atoms with Crippen LogP contribution in [0.4, 0.5) is 13.9 Å². The molecule has 1 aliphatic rings. The summed E-state index contributed by atoms with van der Waals surface area (Å²) >= 11 is 1.20. The summed E-state index contributed by atoms with van der Waals surface area (Å²) in [6.45, 7) is 4.83. The molecule has 0 unspecified atom stereocenters. The second-order valence-electron chi connectivity index (χ2n) is 7.56. The van der Waals surface area contributed by atoms with Crippen molar-refractivity contribution in [1.82, 2.24) is 14.8 Å². The van der Waals surface area contributed by atoms with Gasteiger partial charge in [0.25, 0.3) is 0 Å². The van der Waals surface area contributed by atoms with Crippen molar-refractivity contribution in [1.29, 1.82) is 0 Å². The van der Waals surface area contributed by atoms with Crippen LogP contribution < -0.4 is 5.32 Å². The third-order valence-electron chi connectivity index (χ3n) is 5.35. The van der Waals surface area contributed by atoms with Crippen LogP contribution in [0.5, 0.6) is 0 Å². The van der Waals surface area contributed by atoms with Crippen LogP contribution in [0.25, 0.3) is 11.3 Å². The van der Waals surface area contributed by atoms with Crippen LogP contribution in [0.15, 0.2) is 53.9 Å². The number of rotatable bonds is 7. The molecule has 3 aromatic rings. The number of carbonyl (C=O) groups is 1. The van der Waals surface area contributed by atoms with Crippen LogP contribution in [0.3, 0.4) is 0 Å². The fourth-order valence-corrected chi connectivity index (χ4v) is 4.34. The number of hydrogen-bond acceptors (Lipinski definition) is 5. The number of piperazine rings is 1.